The highest BCUT2D eigenvalue weighted by atomic mass is 16.7. The maximum Gasteiger partial charge on any atom is 0.338 e. The first kappa shape index (κ1) is 18.7. The Kier molecular flexibility index (Phi) is 4.09. The summed E-state index contributed by atoms with van der Waals surface area (Å²) in [6.45, 7) is 4.39. The monoisotopic (exact) mass is 397 g/mol. The van der Waals surface area contributed by atoms with E-state index < -0.39 is 5.79 Å². The van der Waals surface area contributed by atoms with Crippen LogP contribution in [0.2, 0.25) is 0 Å². The molecule has 0 unspecified atom stereocenters. The topological polar surface area (TPSA) is 57.2 Å². The molecule has 2 fully saturated rings. The molecule has 1 spiro atoms. The zero-order valence-electron chi connectivity index (χ0n) is 17.4. The molecule has 1 aliphatic carbocycles. The van der Waals surface area contributed by atoms with Gasteiger partial charge in [-0.15, -0.1) is 0 Å². The standard InChI is InChI=1S/C23H27NO5/c1-22-13-24(2)20-15-6-5-14(26-3)11-16(15)17(21(25)27-4)12-18(20)19(22)7-8-23(22)28-9-10-29-23/h5-6,11-12,19H,7-10,13H2,1-4H3/t19-,22-/m0/s1. The van der Waals surface area contributed by atoms with Crippen LogP contribution in [0.4, 0.5) is 5.69 Å². The lowest BCUT2D eigenvalue weighted by atomic mass is 9.69. The summed E-state index contributed by atoms with van der Waals surface area (Å²) in [4.78, 5) is 15.0. The Balaban J connectivity index is 1.76. The third-order valence-electron chi connectivity index (χ3n) is 7.23. The lowest BCUT2D eigenvalue weighted by Crippen LogP contribution is -2.54. The fourth-order valence-electron chi connectivity index (χ4n) is 5.94. The molecule has 0 amide bonds. The number of hydrogen-bond donors (Lipinski definition) is 0. The highest BCUT2D eigenvalue weighted by molar-refractivity contribution is 6.10. The Morgan fingerprint density at radius 1 is 1.17 bits per heavy atom. The molecule has 2 heterocycles. The lowest BCUT2D eigenvalue weighted by molar-refractivity contribution is -0.217. The summed E-state index contributed by atoms with van der Waals surface area (Å²) in [7, 11) is 5.17. The third kappa shape index (κ3) is 2.39. The van der Waals surface area contributed by atoms with Gasteiger partial charge >= 0.3 is 5.97 Å². The number of anilines is 1. The van der Waals surface area contributed by atoms with Crippen molar-refractivity contribution in [2.45, 2.75) is 31.5 Å². The van der Waals surface area contributed by atoms with Crippen molar-refractivity contribution in [1.29, 1.82) is 0 Å². The largest absolute Gasteiger partial charge is 0.497 e. The Bertz CT molecular complexity index is 996. The van der Waals surface area contributed by atoms with E-state index in [1.807, 2.05) is 24.3 Å². The maximum absolute atomic E-state index is 12.7. The SMILES string of the molecule is COC(=O)c1cc2c(c3ccc(OC)cc13)N(C)C[C@@]1(C)[C@H]2CCC12OCCO2. The van der Waals surface area contributed by atoms with Gasteiger partial charge in [0.15, 0.2) is 5.79 Å². The maximum atomic E-state index is 12.7. The van der Waals surface area contributed by atoms with Crippen molar-refractivity contribution in [3.8, 4) is 5.75 Å². The molecular weight excluding hydrogens is 370 g/mol. The van der Waals surface area contributed by atoms with E-state index in [1.165, 1.54) is 18.4 Å². The molecule has 6 nitrogen and oxygen atoms in total. The molecule has 0 aromatic heterocycles. The van der Waals surface area contributed by atoms with Crippen molar-refractivity contribution >= 4 is 22.4 Å². The molecule has 29 heavy (non-hydrogen) atoms. The van der Waals surface area contributed by atoms with E-state index in [-0.39, 0.29) is 17.3 Å². The van der Waals surface area contributed by atoms with Crippen molar-refractivity contribution in [1.82, 2.24) is 0 Å². The van der Waals surface area contributed by atoms with E-state index in [2.05, 4.69) is 18.9 Å². The summed E-state index contributed by atoms with van der Waals surface area (Å²) in [6.07, 6.45) is 1.84. The van der Waals surface area contributed by atoms with Crippen LogP contribution in [0.5, 0.6) is 5.75 Å². The van der Waals surface area contributed by atoms with Crippen LogP contribution in [0.1, 0.15) is 41.6 Å². The molecular formula is C23H27NO5. The smallest absolute Gasteiger partial charge is 0.338 e. The van der Waals surface area contributed by atoms with Crippen molar-refractivity contribution in [3.05, 3.63) is 35.4 Å². The van der Waals surface area contributed by atoms with Gasteiger partial charge in [0, 0.05) is 41.9 Å². The zero-order chi connectivity index (χ0) is 20.4. The number of rotatable bonds is 2. The van der Waals surface area contributed by atoms with Crippen LogP contribution in [0, 0.1) is 5.41 Å². The summed E-state index contributed by atoms with van der Waals surface area (Å²) in [5, 5.41) is 1.90. The number of carbonyl (C=O) groups excluding carboxylic acids is 1. The predicted octanol–water partition coefficient (Wildman–Crippen LogP) is 3.71. The highest BCUT2D eigenvalue weighted by Crippen LogP contribution is 2.63. The molecule has 2 aromatic carbocycles. The van der Waals surface area contributed by atoms with Crippen molar-refractivity contribution in [2.24, 2.45) is 5.41 Å². The minimum absolute atomic E-state index is 0.182. The lowest BCUT2D eigenvalue weighted by Gasteiger charge is -2.49. The molecule has 3 aliphatic rings. The highest BCUT2D eigenvalue weighted by Gasteiger charge is 2.63. The number of fused-ring (bicyclic) bond motifs is 6. The molecule has 0 N–H and O–H groups in total. The van der Waals surface area contributed by atoms with Gasteiger partial charge in [0.25, 0.3) is 0 Å². The van der Waals surface area contributed by atoms with Crippen molar-refractivity contribution in [2.75, 3.05) is 45.9 Å². The number of benzene rings is 2. The molecule has 2 atom stereocenters. The Hall–Kier alpha value is -2.31. The molecule has 0 radical (unpaired) electrons. The summed E-state index contributed by atoms with van der Waals surface area (Å²) < 4.78 is 22.9. The predicted molar refractivity (Wildman–Crippen MR) is 110 cm³/mol. The molecule has 1 saturated carbocycles. The number of hydrogen-bond acceptors (Lipinski definition) is 6. The third-order valence-corrected chi connectivity index (χ3v) is 7.23. The second-order valence-corrected chi connectivity index (χ2v) is 8.58. The van der Waals surface area contributed by atoms with Crippen molar-refractivity contribution in [3.63, 3.8) is 0 Å². The first-order valence-electron chi connectivity index (χ1n) is 10.2. The first-order chi connectivity index (χ1) is 13.9. The first-order valence-corrected chi connectivity index (χ1v) is 10.2. The van der Waals surface area contributed by atoms with Crippen LogP contribution in [-0.2, 0) is 14.2 Å². The van der Waals surface area contributed by atoms with E-state index in [0.717, 1.165) is 35.9 Å². The van der Waals surface area contributed by atoms with Gasteiger partial charge in [0.1, 0.15) is 5.75 Å². The van der Waals surface area contributed by atoms with Gasteiger partial charge in [-0.1, -0.05) is 6.92 Å². The summed E-state index contributed by atoms with van der Waals surface area (Å²) in [5.41, 5.74) is 2.74. The quantitative estimate of drug-likeness (QED) is 0.720. The number of nitrogens with zero attached hydrogens (tertiary/aromatic N) is 1. The molecule has 0 bridgehead atoms. The molecule has 2 aliphatic heterocycles. The van der Waals surface area contributed by atoms with Crippen LogP contribution in [0.3, 0.4) is 0 Å². The average Bonchev–Trinajstić information content (AvgIpc) is 3.32. The van der Waals surface area contributed by atoms with Gasteiger partial charge < -0.3 is 23.8 Å². The summed E-state index contributed by atoms with van der Waals surface area (Å²) >= 11 is 0. The number of esters is 1. The number of carbonyl (C=O) groups is 1. The van der Waals surface area contributed by atoms with Gasteiger partial charge in [-0.25, -0.2) is 4.79 Å². The van der Waals surface area contributed by atoms with Gasteiger partial charge in [0.05, 0.1) is 33.0 Å². The molecule has 154 valence electrons. The molecule has 6 heteroatoms. The molecule has 5 rings (SSSR count). The van der Waals surface area contributed by atoms with Crippen molar-refractivity contribution < 1.29 is 23.7 Å². The zero-order valence-corrected chi connectivity index (χ0v) is 17.4. The van der Waals surface area contributed by atoms with Crippen LogP contribution in [-0.4, -0.2) is 52.8 Å². The van der Waals surface area contributed by atoms with Crippen LogP contribution in [0.25, 0.3) is 10.8 Å². The normalized spacial score (nSPS) is 27.2. The number of methoxy groups -OCH3 is 2. The summed E-state index contributed by atoms with van der Waals surface area (Å²) in [5.74, 6) is 0.103. The fraction of sp³-hybridized carbons (Fsp3) is 0.522. The van der Waals surface area contributed by atoms with E-state index in [9.17, 15) is 4.79 Å². The van der Waals surface area contributed by atoms with Crippen LogP contribution < -0.4 is 9.64 Å². The average molecular weight is 397 g/mol. The second-order valence-electron chi connectivity index (χ2n) is 8.58. The van der Waals surface area contributed by atoms with Gasteiger partial charge in [-0.05, 0) is 42.2 Å². The Labute approximate surface area is 170 Å². The van der Waals surface area contributed by atoms with Crippen LogP contribution >= 0.6 is 0 Å². The van der Waals surface area contributed by atoms with E-state index >= 15 is 0 Å². The minimum Gasteiger partial charge on any atom is -0.497 e. The summed E-state index contributed by atoms with van der Waals surface area (Å²) in [6, 6.07) is 7.94. The van der Waals surface area contributed by atoms with Gasteiger partial charge in [0.2, 0.25) is 0 Å². The van der Waals surface area contributed by atoms with E-state index in [1.54, 1.807) is 7.11 Å². The second kappa shape index (κ2) is 6.34. The Morgan fingerprint density at radius 3 is 2.62 bits per heavy atom. The molecule has 1 saturated heterocycles. The fourth-order valence-corrected chi connectivity index (χ4v) is 5.94. The minimum atomic E-state index is -0.538. The van der Waals surface area contributed by atoms with Crippen LogP contribution in [0.15, 0.2) is 24.3 Å². The van der Waals surface area contributed by atoms with Gasteiger partial charge in [-0.3, -0.25) is 0 Å². The van der Waals surface area contributed by atoms with E-state index in [4.69, 9.17) is 18.9 Å². The molecule has 2 aromatic rings. The van der Waals surface area contributed by atoms with Gasteiger partial charge in [-0.2, -0.15) is 0 Å². The van der Waals surface area contributed by atoms with E-state index in [0.29, 0.717) is 18.8 Å². The Morgan fingerprint density at radius 2 is 1.93 bits per heavy atom. The number of ether oxygens (including phenoxy) is 4.